The number of aromatic nitrogens is 2. The predicted molar refractivity (Wildman–Crippen MR) is 125 cm³/mol. The number of carbonyl (C=O) groups is 5. The standard InChI is InChI=1S/C22H36N6O7/c1-5-11(3)17(23)20(32)28-18(12(4)6-2)21(33)26-14(7-13-9-24-10-25-13)19(31)27-15(22(34)35)8-16(29)30/h9-12,14-15,17-18H,5-8,23H2,1-4H3,(H,24,25)(H,26,33)(H,27,31)(H,28,32)(H,29,30)(H,34,35). The Morgan fingerprint density at radius 3 is 2.03 bits per heavy atom. The van der Waals surface area contributed by atoms with E-state index in [1.165, 1.54) is 12.5 Å². The number of nitrogens with two attached hydrogens (primary N) is 1. The van der Waals surface area contributed by atoms with Crippen LogP contribution in [0, 0.1) is 11.8 Å². The molecule has 0 aliphatic carbocycles. The molecule has 196 valence electrons. The number of aromatic amines is 1. The highest BCUT2D eigenvalue weighted by molar-refractivity contribution is 5.94. The maximum atomic E-state index is 13.2. The monoisotopic (exact) mass is 496 g/mol. The topological polar surface area (TPSA) is 217 Å². The van der Waals surface area contributed by atoms with Crippen molar-refractivity contribution in [2.75, 3.05) is 0 Å². The quantitative estimate of drug-likeness (QED) is 0.164. The molecule has 1 aromatic rings. The second kappa shape index (κ2) is 14.0. The highest BCUT2D eigenvalue weighted by Gasteiger charge is 2.33. The lowest BCUT2D eigenvalue weighted by molar-refractivity contribution is -0.147. The number of carboxylic acids is 2. The Labute approximate surface area is 203 Å². The molecule has 6 unspecified atom stereocenters. The second-order valence-electron chi connectivity index (χ2n) is 8.62. The second-order valence-corrected chi connectivity index (χ2v) is 8.62. The SMILES string of the molecule is CCC(C)C(N)C(=O)NC(C(=O)NC(Cc1cnc[nH]1)C(=O)NC(CC(=O)O)C(=O)O)C(C)CC. The number of H-pyrrole nitrogens is 1. The molecule has 3 amide bonds. The Morgan fingerprint density at radius 2 is 1.54 bits per heavy atom. The minimum atomic E-state index is -1.69. The van der Waals surface area contributed by atoms with Gasteiger partial charge < -0.3 is 36.9 Å². The van der Waals surface area contributed by atoms with Crippen molar-refractivity contribution in [1.82, 2.24) is 25.9 Å². The summed E-state index contributed by atoms with van der Waals surface area (Å²) in [6, 6.07) is -4.80. The van der Waals surface area contributed by atoms with Gasteiger partial charge in [-0.2, -0.15) is 0 Å². The first-order valence-electron chi connectivity index (χ1n) is 11.5. The largest absolute Gasteiger partial charge is 0.481 e. The minimum Gasteiger partial charge on any atom is -0.481 e. The lowest BCUT2D eigenvalue weighted by atomic mass is 9.95. The van der Waals surface area contributed by atoms with E-state index >= 15 is 0 Å². The lowest BCUT2D eigenvalue weighted by Gasteiger charge is -2.28. The van der Waals surface area contributed by atoms with E-state index in [0.29, 0.717) is 18.5 Å². The zero-order valence-electron chi connectivity index (χ0n) is 20.4. The first kappa shape index (κ1) is 29.6. The molecule has 13 heteroatoms. The molecule has 35 heavy (non-hydrogen) atoms. The maximum Gasteiger partial charge on any atom is 0.326 e. The third-order valence-corrected chi connectivity index (χ3v) is 5.96. The Hall–Kier alpha value is -3.48. The number of nitrogens with one attached hydrogen (secondary N) is 4. The maximum absolute atomic E-state index is 13.2. The Morgan fingerprint density at radius 1 is 0.943 bits per heavy atom. The van der Waals surface area contributed by atoms with E-state index in [1.807, 2.05) is 20.8 Å². The average Bonchev–Trinajstić information content (AvgIpc) is 3.32. The van der Waals surface area contributed by atoms with Gasteiger partial charge in [0.05, 0.1) is 18.8 Å². The molecule has 6 atom stereocenters. The normalized spacial score (nSPS) is 16.1. The van der Waals surface area contributed by atoms with Gasteiger partial charge in [-0.3, -0.25) is 19.2 Å². The zero-order valence-corrected chi connectivity index (χ0v) is 20.4. The number of carboxylic acid groups (broad SMARTS) is 2. The van der Waals surface area contributed by atoms with Crippen molar-refractivity contribution in [2.24, 2.45) is 17.6 Å². The molecular formula is C22H36N6O7. The fraction of sp³-hybridized carbons (Fsp3) is 0.636. The summed E-state index contributed by atoms with van der Waals surface area (Å²) in [6.07, 6.45) is 3.08. The van der Waals surface area contributed by atoms with Crippen LogP contribution < -0.4 is 21.7 Å². The molecule has 1 rings (SSSR count). The van der Waals surface area contributed by atoms with Crippen LogP contribution in [0.1, 0.15) is 52.7 Å². The van der Waals surface area contributed by atoms with Crippen LogP contribution in [0.2, 0.25) is 0 Å². The Balaban J connectivity index is 3.12. The Kier molecular flexibility index (Phi) is 11.9. The number of hydrogen-bond donors (Lipinski definition) is 7. The summed E-state index contributed by atoms with van der Waals surface area (Å²) in [7, 11) is 0. The molecule has 0 fully saturated rings. The van der Waals surface area contributed by atoms with Crippen molar-refractivity contribution >= 4 is 29.7 Å². The van der Waals surface area contributed by atoms with Gasteiger partial charge in [0, 0.05) is 18.3 Å². The van der Waals surface area contributed by atoms with Crippen molar-refractivity contribution in [3.05, 3.63) is 18.2 Å². The number of nitrogens with zero attached hydrogens (tertiary/aromatic N) is 1. The van der Waals surface area contributed by atoms with Crippen molar-refractivity contribution in [1.29, 1.82) is 0 Å². The number of hydrogen-bond acceptors (Lipinski definition) is 7. The Bertz CT molecular complexity index is 876. The van der Waals surface area contributed by atoms with Gasteiger partial charge in [0.1, 0.15) is 18.1 Å². The van der Waals surface area contributed by atoms with Gasteiger partial charge in [-0.05, 0) is 11.8 Å². The third-order valence-electron chi connectivity index (χ3n) is 5.96. The molecule has 0 bridgehead atoms. The van der Waals surface area contributed by atoms with Gasteiger partial charge in [0.25, 0.3) is 0 Å². The van der Waals surface area contributed by atoms with Crippen molar-refractivity contribution in [3.63, 3.8) is 0 Å². The van der Waals surface area contributed by atoms with E-state index in [4.69, 9.17) is 10.8 Å². The molecule has 1 aromatic heterocycles. The van der Waals surface area contributed by atoms with Crippen LogP contribution in [0.3, 0.4) is 0 Å². The van der Waals surface area contributed by atoms with Crippen molar-refractivity contribution in [2.45, 2.75) is 77.5 Å². The summed E-state index contributed by atoms with van der Waals surface area (Å²) in [6.45, 7) is 7.31. The van der Waals surface area contributed by atoms with Gasteiger partial charge in [0.2, 0.25) is 17.7 Å². The molecule has 13 nitrogen and oxygen atoms in total. The van der Waals surface area contributed by atoms with Crippen LogP contribution in [0.15, 0.2) is 12.5 Å². The van der Waals surface area contributed by atoms with E-state index in [2.05, 4.69) is 25.9 Å². The molecule has 0 saturated heterocycles. The predicted octanol–water partition coefficient (Wildman–Crippen LogP) is -0.615. The number of imidazole rings is 1. The molecular weight excluding hydrogens is 460 g/mol. The number of amides is 3. The first-order chi connectivity index (χ1) is 16.4. The average molecular weight is 497 g/mol. The molecule has 0 aromatic carbocycles. The van der Waals surface area contributed by atoms with E-state index in [0.717, 1.165) is 0 Å². The van der Waals surface area contributed by atoms with Crippen LogP contribution in [0.25, 0.3) is 0 Å². The first-order valence-corrected chi connectivity index (χ1v) is 11.5. The minimum absolute atomic E-state index is 0.0788. The van der Waals surface area contributed by atoms with Crippen LogP contribution in [-0.4, -0.2) is 74.0 Å². The van der Waals surface area contributed by atoms with Gasteiger partial charge in [-0.25, -0.2) is 9.78 Å². The molecule has 0 aliphatic rings. The summed E-state index contributed by atoms with van der Waals surface area (Å²) in [4.78, 5) is 67.8. The van der Waals surface area contributed by atoms with Gasteiger partial charge in [-0.15, -0.1) is 0 Å². The number of rotatable bonds is 15. The van der Waals surface area contributed by atoms with E-state index in [1.54, 1.807) is 6.92 Å². The van der Waals surface area contributed by atoms with Gasteiger partial charge >= 0.3 is 11.9 Å². The van der Waals surface area contributed by atoms with Crippen LogP contribution in [0.4, 0.5) is 0 Å². The van der Waals surface area contributed by atoms with Crippen LogP contribution in [-0.2, 0) is 30.4 Å². The summed E-state index contributed by atoms with van der Waals surface area (Å²) in [5.41, 5.74) is 6.47. The van der Waals surface area contributed by atoms with Gasteiger partial charge in [-0.1, -0.05) is 40.5 Å². The lowest BCUT2D eigenvalue weighted by Crippen LogP contribution is -2.59. The molecule has 0 radical (unpaired) electrons. The summed E-state index contributed by atoms with van der Waals surface area (Å²) in [5.74, 6) is -5.42. The van der Waals surface area contributed by atoms with Crippen molar-refractivity contribution < 1.29 is 34.2 Å². The summed E-state index contributed by atoms with van der Waals surface area (Å²) in [5, 5.41) is 25.6. The molecule has 8 N–H and O–H groups in total. The number of aliphatic carboxylic acids is 2. The van der Waals surface area contributed by atoms with E-state index in [-0.39, 0.29) is 18.3 Å². The molecule has 0 spiro atoms. The fourth-order valence-corrected chi connectivity index (χ4v) is 3.20. The smallest absolute Gasteiger partial charge is 0.326 e. The van der Waals surface area contributed by atoms with E-state index in [9.17, 15) is 29.1 Å². The third kappa shape index (κ3) is 9.35. The van der Waals surface area contributed by atoms with Gasteiger partial charge in [0.15, 0.2) is 0 Å². The van der Waals surface area contributed by atoms with Crippen LogP contribution >= 0.6 is 0 Å². The molecule has 0 saturated carbocycles. The van der Waals surface area contributed by atoms with E-state index < -0.39 is 60.2 Å². The zero-order chi connectivity index (χ0) is 26.7. The summed E-state index contributed by atoms with van der Waals surface area (Å²) >= 11 is 0. The van der Waals surface area contributed by atoms with Crippen LogP contribution in [0.5, 0.6) is 0 Å². The highest BCUT2D eigenvalue weighted by atomic mass is 16.4. The molecule has 0 aliphatic heterocycles. The fourth-order valence-electron chi connectivity index (χ4n) is 3.20. The summed E-state index contributed by atoms with van der Waals surface area (Å²) < 4.78 is 0. The number of carbonyl (C=O) groups excluding carboxylic acids is 3. The highest BCUT2D eigenvalue weighted by Crippen LogP contribution is 2.12. The van der Waals surface area contributed by atoms with Crippen molar-refractivity contribution in [3.8, 4) is 0 Å². The molecule has 1 heterocycles.